The van der Waals surface area contributed by atoms with Crippen molar-refractivity contribution in [2.24, 2.45) is 0 Å². The third-order valence-corrected chi connectivity index (χ3v) is 6.74. The average molecular weight is 393 g/mol. The van der Waals surface area contributed by atoms with Crippen molar-refractivity contribution in [2.75, 3.05) is 13.1 Å². The molecule has 0 amide bonds. The van der Waals surface area contributed by atoms with Crippen LogP contribution in [0.1, 0.15) is 28.8 Å². The number of carbonyl (C=O) groups excluding carboxylic acids is 1. The molecule has 1 fully saturated rings. The van der Waals surface area contributed by atoms with Gasteiger partial charge in [0, 0.05) is 19.0 Å². The van der Waals surface area contributed by atoms with Crippen molar-refractivity contribution in [2.45, 2.75) is 24.2 Å². The van der Waals surface area contributed by atoms with Gasteiger partial charge in [0.05, 0.1) is 24.3 Å². The van der Waals surface area contributed by atoms with E-state index in [0.717, 1.165) is 12.1 Å². The van der Waals surface area contributed by atoms with Gasteiger partial charge in [-0.25, -0.2) is 17.2 Å². The minimum atomic E-state index is -3.81. The van der Waals surface area contributed by atoms with Crippen molar-refractivity contribution in [3.63, 3.8) is 0 Å². The van der Waals surface area contributed by atoms with Crippen LogP contribution >= 0.6 is 0 Å². The minimum absolute atomic E-state index is 0.0349. The molecule has 0 saturated carbocycles. The Morgan fingerprint density at radius 1 is 1.11 bits per heavy atom. The molecule has 1 saturated heterocycles. The number of Topliss-reactive ketones (excluding diaryl/α,β-unsaturated/α-hetero) is 1. The monoisotopic (exact) mass is 393 g/mol. The normalized spacial score (nSPS) is 22.7. The van der Waals surface area contributed by atoms with Gasteiger partial charge in [0.2, 0.25) is 10.0 Å². The van der Waals surface area contributed by atoms with Gasteiger partial charge in [0.25, 0.3) is 0 Å². The fourth-order valence-electron chi connectivity index (χ4n) is 3.71. The van der Waals surface area contributed by atoms with Crippen LogP contribution in [0.4, 0.5) is 8.78 Å². The van der Waals surface area contributed by atoms with E-state index in [1.807, 2.05) is 0 Å². The fourth-order valence-corrected chi connectivity index (χ4v) is 5.28. The van der Waals surface area contributed by atoms with Gasteiger partial charge in [-0.05, 0) is 29.8 Å². The maximum atomic E-state index is 13.3. The Kier molecular flexibility index (Phi) is 4.27. The number of halogens is 2. The predicted molar refractivity (Wildman–Crippen MR) is 93.9 cm³/mol. The Bertz CT molecular complexity index is 1000. The number of ketones is 1. The Hall–Kier alpha value is -2.32. The molecule has 2 heterocycles. The van der Waals surface area contributed by atoms with Crippen molar-refractivity contribution >= 4 is 15.8 Å². The summed E-state index contributed by atoms with van der Waals surface area (Å²) < 4.78 is 59.4. The number of hydrogen-bond donors (Lipinski definition) is 0. The molecule has 1 atom stereocenters. The number of para-hydroxylation sites is 1. The first-order chi connectivity index (χ1) is 12.8. The molecular formula is C19H17F2NO4S. The summed E-state index contributed by atoms with van der Waals surface area (Å²) >= 11 is 0. The number of benzene rings is 2. The first-order valence-corrected chi connectivity index (χ1v) is 10.1. The number of nitrogens with zero attached hydrogens (tertiary/aromatic N) is 1. The first kappa shape index (κ1) is 18.1. The highest BCUT2D eigenvalue weighted by molar-refractivity contribution is 7.88. The summed E-state index contributed by atoms with van der Waals surface area (Å²) in [6.45, 7) is 0.225. The minimum Gasteiger partial charge on any atom is -0.485 e. The molecular weight excluding hydrogens is 376 g/mol. The zero-order valence-electron chi connectivity index (χ0n) is 14.3. The van der Waals surface area contributed by atoms with Crippen molar-refractivity contribution in [1.82, 2.24) is 4.31 Å². The van der Waals surface area contributed by atoms with Crippen molar-refractivity contribution < 1.29 is 26.7 Å². The lowest BCUT2D eigenvalue weighted by Gasteiger charge is -2.34. The van der Waals surface area contributed by atoms with Gasteiger partial charge in [-0.2, -0.15) is 4.31 Å². The molecule has 2 aliphatic rings. The van der Waals surface area contributed by atoms with E-state index in [1.165, 1.54) is 4.31 Å². The largest absolute Gasteiger partial charge is 0.485 e. The van der Waals surface area contributed by atoms with Crippen molar-refractivity contribution in [3.8, 4) is 5.75 Å². The maximum Gasteiger partial charge on any atom is 0.218 e. The second-order valence-electron chi connectivity index (χ2n) is 7.00. The lowest BCUT2D eigenvalue weighted by atomic mass is 9.89. The van der Waals surface area contributed by atoms with Crippen LogP contribution in [0.25, 0.3) is 0 Å². The fraction of sp³-hybridized carbons (Fsp3) is 0.316. The molecule has 4 rings (SSSR count). The first-order valence-electron chi connectivity index (χ1n) is 8.50. The number of hydrogen-bond acceptors (Lipinski definition) is 4. The zero-order valence-corrected chi connectivity index (χ0v) is 15.1. The highest BCUT2D eigenvalue weighted by Crippen LogP contribution is 2.39. The molecule has 0 N–H and O–H groups in total. The number of fused-ring (bicyclic) bond motifs is 1. The van der Waals surface area contributed by atoms with Crippen molar-refractivity contribution in [3.05, 3.63) is 65.2 Å². The standard InChI is InChI=1S/C19H17F2NO4S/c20-14-7-13(8-15(21)9-14)11-27(24,25)22-6-5-19(12-22)10-17(23)16-3-1-2-4-18(16)26-19/h1-4,7-9H,5-6,10-12H2. The van der Waals surface area contributed by atoms with Gasteiger partial charge in [-0.3, -0.25) is 4.79 Å². The average Bonchev–Trinajstić information content (AvgIpc) is 2.97. The molecule has 142 valence electrons. The van der Waals surface area contributed by atoms with E-state index in [-0.39, 0.29) is 30.9 Å². The van der Waals surface area contributed by atoms with E-state index < -0.39 is 33.0 Å². The lowest BCUT2D eigenvalue weighted by molar-refractivity contribution is 0.0498. The van der Waals surface area contributed by atoms with Gasteiger partial charge in [0.15, 0.2) is 5.78 Å². The van der Waals surface area contributed by atoms with Crippen LogP contribution in [-0.2, 0) is 15.8 Å². The molecule has 5 nitrogen and oxygen atoms in total. The number of rotatable bonds is 3. The van der Waals surface area contributed by atoms with E-state index in [4.69, 9.17) is 4.74 Å². The van der Waals surface area contributed by atoms with Crippen LogP contribution < -0.4 is 4.74 Å². The summed E-state index contributed by atoms with van der Waals surface area (Å²) in [5, 5.41) is 0. The second kappa shape index (κ2) is 6.38. The zero-order chi connectivity index (χ0) is 19.2. The Morgan fingerprint density at radius 3 is 2.56 bits per heavy atom. The molecule has 0 bridgehead atoms. The van der Waals surface area contributed by atoms with Gasteiger partial charge >= 0.3 is 0 Å². The molecule has 27 heavy (non-hydrogen) atoms. The van der Waals surface area contributed by atoms with E-state index in [9.17, 15) is 22.0 Å². The van der Waals surface area contributed by atoms with Crippen LogP contribution in [0.5, 0.6) is 5.75 Å². The van der Waals surface area contributed by atoms with Gasteiger partial charge < -0.3 is 4.74 Å². The van der Waals surface area contributed by atoms with Gasteiger partial charge in [-0.15, -0.1) is 0 Å². The summed E-state index contributed by atoms with van der Waals surface area (Å²) in [5.74, 6) is -1.78. The van der Waals surface area contributed by atoms with Crippen LogP contribution in [0, 0.1) is 11.6 Å². The molecule has 0 aromatic heterocycles. The number of sulfonamides is 1. The Morgan fingerprint density at radius 2 is 1.81 bits per heavy atom. The smallest absolute Gasteiger partial charge is 0.218 e. The molecule has 2 aliphatic heterocycles. The van der Waals surface area contributed by atoms with Crippen molar-refractivity contribution in [1.29, 1.82) is 0 Å². The Labute approximate surface area is 155 Å². The Balaban J connectivity index is 1.55. The van der Waals surface area contributed by atoms with Gasteiger partial charge in [-0.1, -0.05) is 12.1 Å². The summed E-state index contributed by atoms with van der Waals surface area (Å²) in [6, 6.07) is 9.59. The maximum absolute atomic E-state index is 13.3. The molecule has 0 radical (unpaired) electrons. The molecule has 2 aromatic rings. The lowest BCUT2D eigenvalue weighted by Crippen LogP contribution is -2.45. The van der Waals surface area contributed by atoms with E-state index in [2.05, 4.69) is 0 Å². The summed E-state index contributed by atoms with van der Waals surface area (Å²) in [5.41, 5.74) is -0.356. The second-order valence-corrected chi connectivity index (χ2v) is 8.97. The summed E-state index contributed by atoms with van der Waals surface area (Å²) in [6.07, 6.45) is 0.481. The van der Waals surface area contributed by atoms with E-state index in [1.54, 1.807) is 24.3 Å². The summed E-state index contributed by atoms with van der Waals surface area (Å²) in [7, 11) is -3.81. The topological polar surface area (TPSA) is 63.7 Å². The number of ether oxygens (including phenoxy) is 1. The predicted octanol–water partition coefficient (Wildman–Crippen LogP) is 2.90. The third kappa shape index (κ3) is 3.46. The van der Waals surface area contributed by atoms with Crippen LogP contribution in [0.3, 0.4) is 0 Å². The third-order valence-electron chi connectivity index (χ3n) is 4.94. The quantitative estimate of drug-likeness (QED) is 0.805. The highest BCUT2D eigenvalue weighted by Gasteiger charge is 2.48. The molecule has 8 heteroatoms. The van der Waals surface area contributed by atoms with E-state index in [0.29, 0.717) is 23.8 Å². The SMILES string of the molecule is O=C1CC2(CCN(S(=O)(=O)Cc3cc(F)cc(F)c3)C2)Oc2ccccc21. The molecule has 1 unspecified atom stereocenters. The molecule has 1 spiro atoms. The highest BCUT2D eigenvalue weighted by atomic mass is 32.2. The van der Waals surface area contributed by atoms with Crippen LogP contribution in [0.15, 0.2) is 42.5 Å². The van der Waals surface area contributed by atoms with Gasteiger partial charge in [0.1, 0.15) is 23.0 Å². The molecule has 0 aliphatic carbocycles. The molecule has 2 aromatic carbocycles. The van der Waals surface area contributed by atoms with Crippen LogP contribution in [-0.4, -0.2) is 37.2 Å². The summed E-state index contributed by atoms with van der Waals surface area (Å²) in [4.78, 5) is 12.4. The van der Waals surface area contributed by atoms with Crippen LogP contribution in [0.2, 0.25) is 0 Å². The van der Waals surface area contributed by atoms with E-state index >= 15 is 0 Å². The number of carbonyl (C=O) groups is 1.